The van der Waals surface area contributed by atoms with Gasteiger partial charge in [-0.05, 0) is 50.8 Å². The maximum absolute atomic E-state index is 12.1. The van der Waals surface area contributed by atoms with Gasteiger partial charge in [-0.15, -0.1) is 0 Å². The van der Waals surface area contributed by atoms with Crippen molar-refractivity contribution in [3.05, 3.63) is 23.8 Å². The lowest BCUT2D eigenvalue weighted by molar-refractivity contribution is -0.130. The highest BCUT2D eigenvalue weighted by molar-refractivity contribution is 5.95. The van der Waals surface area contributed by atoms with Crippen LogP contribution >= 0.6 is 0 Å². The average Bonchev–Trinajstić information content (AvgIpc) is 2.49. The Balaban J connectivity index is 1.82. The molecule has 1 amide bonds. The topological polar surface area (TPSA) is 73.6 Å². The van der Waals surface area contributed by atoms with Gasteiger partial charge in [0.25, 0.3) is 5.91 Å². The number of benzene rings is 1. The molecule has 0 aliphatic carbocycles. The zero-order valence-corrected chi connectivity index (χ0v) is 12.7. The van der Waals surface area contributed by atoms with Crippen molar-refractivity contribution in [3.63, 3.8) is 0 Å². The van der Waals surface area contributed by atoms with E-state index in [-0.39, 0.29) is 12.0 Å². The summed E-state index contributed by atoms with van der Waals surface area (Å²) in [5.74, 6) is -0.167. The summed E-state index contributed by atoms with van der Waals surface area (Å²) < 4.78 is 11.2. The number of carbonyl (C=O) groups is 1. The summed E-state index contributed by atoms with van der Waals surface area (Å²) in [4.78, 5) is 12.1. The van der Waals surface area contributed by atoms with Crippen LogP contribution in [0.4, 0.5) is 11.4 Å². The van der Waals surface area contributed by atoms with E-state index < -0.39 is 6.10 Å². The Morgan fingerprint density at radius 3 is 3.05 bits per heavy atom. The number of amides is 1. The van der Waals surface area contributed by atoms with Gasteiger partial charge in [-0.3, -0.25) is 4.79 Å². The number of aryl methyl sites for hydroxylation is 1. The Hall–Kier alpha value is -1.59. The first-order chi connectivity index (χ1) is 10.1. The first-order valence-electron chi connectivity index (χ1n) is 7.46. The number of nitrogens with two attached hydrogens (primary N) is 1. The number of hydrogen-bond donors (Lipinski definition) is 2. The van der Waals surface area contributed by atoms with E-state index in [2.05, 4.69) is 5.32 Å². The highest BCUT2D eigenvalue weighted by Gasteiger charge is 2.19. The lowest BCUT2D eigenvalue weighted by Gasteiger charge is -2.24. The number of nitrogen functional groups attached to an aromatic ring is 1. The number of rotatable bonds is 5. The molecule has 3 N–H and O–H groups in total. The molecule has 2 atom stereocenters. The lowest BCUT2D eigenvalue weighted by atomic mass is 10.1. The van der Waals surface area contributed by atoms with Gasteiger partial charge in [0.1, 0.15) is 6.10 Å². The molecular weight excluding hydrogens is 268 g/mol. The summed E-state index contributed by atoms with van der Waals surface area (Å²) in [6, 6.07) is 5.45. The van der Waals surface area contributed by atoms with Crippen molar-refractivity contribution in [1.82, 2.24) is 0 Å². The maximum Gasteiger partial charge on any atom is 0.253 e. The Bertz CT molecular complexity index is 484. The predicted molar refractivity (Wildman–Crippen MR) is 83.2 cm³/mol. The van der Waals surface area contributed by atoms with Gasteiger partial charge in [-0.25, -0.2) is 0 Å². The molecule has 0 bridgehead atoms. The summed E-state index contributed by atoms with van der Waals surface area (Å²) >= 11 is 0. The third-order valence-corrected chi connectivity index (χ3v) is 3.69. The van der Waals surface area contributed by atoms with Crippen LogP contribution in [0.5, 0.6) is 0 Å². The Morgan fingerprint density at radius 2 is 2.33 bits per heavy atom. The summed E-state index contributed by atoms with van der Waals surface area (Å²) in [5.41, 5.74) is 8.06. The molecule has 2 unspecified atom stereocenters. The van der Waals surface area contributed by atoms with Gasteiger partial charge in [0.15, 0.2) is 0 Å². The third kappa shape index (κ3) is 4.72. The van der Waals surface area contributed by atoms with Crippen LogP contribution in [0.3, 0.4) is 0 Å². The number of ether oxygens (including phenoxy) is 2. The molecule has 1 aromatic carbocycles. The molecule has 1 fully saturated rings. The van der Waals surface area contributed by atoms with Crippen molar-refractivity contribution in [2.45, 2.75) is 45.3 Å². The van der Waals surface area contributed by atoms with E-state index in [0.29, 0.717) is 12.3 Å². The molecule has 0 spiro atoms. The molecule has 1 aliphatic heterocycles. The summed E-state index contributed by atoms with van der Waals surface area (Å²) in [6.07, 6.45) is 2.88. The smallest absolute Gasteiger partial charge is 0.253 e. The molecule has 5 heteroatoms. The van der Waals surface area contributed by atoms with E-state index in [1.807, 2.05) is 19.1 Å². The van der Waals surface area contributed by atoms with Crippen molar-refractivity contribution < 1.29 is 14.3 Å². The Kier molecular flexibility index (Phi) is 5.59. The number of hydrogen-bond acceptors (Lipinski definition) is 4. The van der Waals surface area contributed by atoms with Gasteiger partial charge >= 0.3 is 0 Å². The minimum Gasteiger partial charge on any atom is -0.399 e. The van der Waals surface area contributed by atoms with Gasteiger partial charge in [0.2, 0.25) is 0 Å². The van der Waals surface area contributed by atoms with Crippen LogP contribution in [0, 0.1) is 6.92 Å². The molecule has 21 heavy (non-hydrogen) atoms. The highest BCUT2D eigenvalue weighted by atomic mass is 16.5. The first-order valence-corrected chi connectivity index (χ1v) is 7.46. The minimum absolute atomic E-state index is 0.114. The quantitative estimate of drug-likeness (QED) is 0.818. The second-order valence-corrected chi connectivity index (χ2v) is 5.53. The SMILES string of the molecule is Cc1ccc(N)cc1NC(=O)C(C)OCC1CCCCO1. The van der Waals surface area contributed by atoms with Crippen LogP contribution in [-0.2, 0) is 14.3 Å². The summed E-state index contributed by atoms with van der Waals surface area (Å²) in [5, 5.41) is 2.85. The van der Waals surface area contributed by atoms with Crippen LogP contribution < -0.4 is 11.1 Å². The van der Waals surface area contributed by atoms with Crippen LogP contribution in [0.25, 0.3) is 0 Å². The standard InChI is InChI=1S/C16H24N2O3/c1-11-6-7-13(17)9-15(11)18-16(19)12(2)21-10-14-5-3-4-8-20-14/h6-7,9,12,14H,3-5,8,10,17H2,1-2H3,(H,18,19). The fourth-order valence-electron chi connectivity index (χ4n) is 2.27. The molecule has 1 aromatic rings. The van der Waals surface area contributed by atoms with E-state index >= 15 is 0 Å². The Labute approximate surface area is 125 Å². The van der Waals surface area contributed by atoms with E-state index in [1.54, 1.807) is 13.0 Å². The maximum atomic E-state index is 12.1. The molecule has 1 aliphatic rings. The molecule has 0 aromatic heterocycles. The van der Waals surface area contributed by atoms with Crippen LogP contribution in [0.2, 0.25) is 0 Å². The minimum atomic E-state index is -0.517. The number of carbonyl (C=O) groups excluding carboxylic acids is 1. The third-order valence-electron chi connectivity index (χ3n) is 3.69. The van der Waals surface area contributed by atoms with Gasteiger partial charge < -0.3 is 20.5 Å². The molecule has 116 valence electrons. The van der Waals surface area contributed by atoms with Gasteiger partial charge in [0.05, 0.1) is 12.7 Å². The normalized spacial score (nSPS) is 20.0. The molecule has 1 heterocycles. The fraction of sp³-hybridized carbons (Fsp3) is 0.562. The predicted octanol–water partition coefficient (Wildman–Crippen LogP) is 2.49. The molecule has 0 radical (unpaired) electrons. The van der Waals surface area contributed by atoms with Crippen molar-refractivity contribution in [2.24, 2.45) is 0 Å². The molecule has 2 rings (SSSR count). The van der Waals surface area contributed by atoms with E-state index in [9.17, 15) is 4.79 Å². The lowest BCUT2D eigenvalue weighted by Crippen LogP contribution is -2.32. The summed E-state index contributed by atoms with van der Waals surface area (Å²) in [7, 11) is 0. The highest BCUT2D eigenvalue weighted by Crippen LogP contribution is 2.19. The zero-order valence-electron chi connectivity index (χ0n) is 12.7. The molecule has 1 saturated heterocycles. The second kappa shape index (κ2) is 7.43. The van der Waals surface area contributed by atoms with Crippen LogP contribution in [0.15, 0.2) is 18.2 Å². The van der Waals surface area contributed by atoms with Gasteiger partial charge in [0, 0.05) is 18.0 Å². The second-order valence-electron chi connectivity index (χ2n) is 5.53. The van der Waals surface area contributed by atoms with Crippen LogP contribution in [-0.4, -0.2) is 31.3 Å². The van der Waals surface area contributed by atoms with Crippen LogP contribution in [0.1, 0.15) is 31.7 Å². The average molecular weight is 292 g/mol. The largest absolute Gasteiger partial charge is 0.399 e. The van der Waals surface area contributed by atoms with E-state index in [1.165, 1.54) is 0 Å². The fourth-order valence-corrected chi connectivity index (χ4v) is 2.27. The monoisotopic (exact) mass is 292 g/mol. The van der Waals surface area contributed by atoms with Crippen molar-refractivity contribution in [1.29, 1.82) is 0 Å². The summed E-state index contributed by atoms with van der Waals surface area (Å²) in [6.45, 7) is 4.93. The first kappa shape index (κ1) is 15.8. The number of anilines is 2. The number of nitrogens with one attached hydrogen (secondary N) is 1. The van der Waals surface area contributed by atoms with E-state index in [0.717, 1.165) is 37.1 Å². The van der Waals surface area contributed by atoms with Gasteiger partial charge in [-0.1, -0.05) is 6.07 Å². The Morgan fingerprint density at radius 1 is 1.52 bits per heavy atom. The molecular formula is C16H24N2O3. The van der Waals surface area contributed by atoms with Crippen molar-refractivity contribution in [2.75, 3.05) is 24.3 Å². The zero-order chi connectivity index (χ0) is 15.2. The van der Waals surface area contributed by atoms with Gasteiger partial charge in [-0.2, -0.15) is 0 Å². The van der Waals surface area contributed by atoms with Crippen molar-refractivity contribution in [3.8, 4) is 0 Å². The molecule has 0 saturated carbocycles. The molecule has 5 nitrogen and oxygen atoms in total. The van der Waals surface area contributed by atoms with E-state index in [4.69, 9.17) is 15.2 Å². The van der Waals surface area contributed by atoms with Crippen molar-refractivity contribution >= 4 is 17.3 Å².